The molecule has 0 saturated carbocycles. The van der Waals surface area contributed by atoms with E-state index in [1.807, 2.05) is 0 Å². The number of piperazine rings is 1. The third kappa shape index (κ3) is 5.00. The lowest BCUT2D eigenvalue weighted by atomic mass is 10.2. The first kappa shape index (κ1) is 23.9. The molecule has 1 aliphatic rings. The Kier molecular flexibility index (Phi) is 6.72. The molecule has 3 rings (SSSR count). The van der Waals surface area contributed by atoms with Crippen LogP contribution in [0.25, 0.3) is 0 Å². The van der Waals surface area contributed by atoms with Gasteiger partial charge in [-0.3, -0.25) is 9.59 Å². The van der Waals surface area contributed by atoms with Gasteiger partial charge in [0.2, 0.25) is 15.9 Å². The predicted octanol–water partition coefficient (Wildman–Crippen LogP) is 1.22. The molecule has 1 saturated heterocycles. The summed E-state index contributed by atoms with van der Waals surface area (Å²) in [5.41, 5.74) is 0.652. The van der Waals surface area contributed by atoms with E-state index in [-0.39, 0.29) is 34.4 Å². The molecule has 1 heterocycles. The molecule has 0 radical (unpaired) electrons. The standard InChI is InChI=1S/C21H25N3O6S2/c1-16(25)23-11-13-24(14-12-23)32(29,30)20-6-4-5-17(15-20)21(26)22(2)18-7-9-19(10-8-18)31(3,27)28/h4-10,15H,11-14H2,1-3H3. The minimum atomic E-state index is -3.82. The monoisotopic (exact) mass is 479 g/mol. The molecule has 0 bridgehead atoms. The van der Waals surface area contributed by atoms with Gasteiger partial charge in [-0.15, -0.1) is 0 Å². The number of sulfonamides is 1. The van der Waals surface area contributed by atoms with Gasteiger partial charge in [-0.05, 0) is 42.5 Å². The van der Waals surface area contributed by atoms with Crippen LogP contribution in [0.2, 0.25) is 0 Å². The van der Waals surface area contributed by atoms with E-state index in [9.17, 15) is 26.4 Å². The van der Waals surface area contributed by atoms with Crippen LogP contribution in [-0.4, -0.2) is 77.3 Å². The van der Waals surface area contributed by atoms with Gasteiger partial charge < -0.3 is 9.80 Å². The van der Waals surface area contributed by atoms with Gasteiger partial charge in [-0.2, -0.15) is 4.31 Å². The highest BCUT2D eigenvalue weighted by atomic mass is 32.2. The summed E-state index contributed by atoms with van der Waals surface area (Å²) in [6.07, 6.45) is 1.10. The van der Waals surface area contributed by atoms with Crippen LogP contribution in [0.4, 0.5) is 5.69 Å². The summed E-state index contributed by atoms with van der Waals surface area (Å²) in [6, 6.07) is 11.7. The van der Waals surface area contributed by atoms with Gasteiger partial charge in [0, 0.05) is 57.7 Å². The van der Waals surface area contributed by atoms with E-state index in [0.29, 0.717) is 18.8 Å². The Morgan fingerprint density at radius 3 is 2.00 bits per heavy atom. The van der Waals surface area contributed by atoms with Crippen LogP contribution in [0.3, 0.4) is 0 Å². The zero-order valence-electron chi connectivity index (χ0n) is 18.1. The SMILES string of the molecule is CC(=O)N1CCN(S(=O)(=O)c2cccc(C(=O)N(C)c3ccc(S(C)(=O)=O)cc3)c2)CC1. The second kappa shape index (κ2) is 9.00. The predicted molar refractivity (Wildman–Crippen MR) is 120 cm³/mol. The second-order valence-electron chi connectivity index (χ2n) is 7.57. The Labute approximate surface area is 188 Å². The van der Waals surface area contributed by atoms with E-state index in [2.05, 4.69) is 0 Å². The number of benzene rings is 2. The summed E-state index contributed by atoms with van der Waals surface area (Å²) in [5.74, 6) is -0.530. The fraction of sp³-hybridized carbons (Fsp3) is 0.333. The van der Waals surface area contributed by atoms with E-state index in [1.54, 1.807) is 4.90 Å². The van der Waals surface area contributed by atoms with Gasteiger partial charge >= 0.3 is 0 Å². The number of rotatable bonds is 5. The van der Waals surface area contributed by atoms with Crippen LogP contribution in [0, 0.1) is 0 Å². The Hall–Kier alpha value is -2.76. The Bertz CT molecular complexity index is 1230. The Balaban J connectivity index is 1.80. The third-order valence-electron chi connectivity index (χ3n) is 5.36. The van der Waals surface area contributed by atoms with E-state index < -0.39 is 25.8 Å². The van der Waals surface area contributed by atoms with E-state index in [4.69, 9.17) is 0 Å². The van der Waals surface area contributed by atoms with Crippen LogP contribution in [-0.2, 0) is 24.7 Å². The molecule has 0 spiro atoms. The molecular weight excluding hydrogens is 454 g/mol. The molecule has 9 nitrogen and oxygen atoms in total. The highest BCUT2D eigenvalue weighted by molar-refractivity contribution is 7.90. The van der Waals surface area contributed by atoms with Crippen molar-refractivity contribution >= 4 is 37.4 Å². The van der Waals surface area contributed by atoms with E-state index >= 15 is 0 Å². The van der Waals surface area contributed by atoms with Gasteiger partial charge in [0.05, 0.1) is 9.79 Å². The summed E-state index contributed by atoms with van der Waals surface area (Å²) < 4.78 is 50.7. The molecule has 2 amide bonds. The quantitative estimate of drug-likeness (QED) is 0.637. The molecule has 0 N–H and O–H groups in total. The molecule has 32 heavy (non-hydrogen) atoms. The van der Waals surface area contributed by atoms with Crippen molar-refractivity contribution in [3.63, 3.8) is 0 Å². The second-order valence-corrected chi connectivity index (χ2v) is 11.5. The lowest BCUT2D eigenvalue weighted by molar-refractivity contribution is -0.129. The molecule has 0 atom stereocenters. The van der Waals surface area contributed by atoms with Crippen molar-refractivity contribution in [2.45, 2.75) is 16.7 Å². The van der Waals surface area contributed by atoms with Crippen LogP contribution in [0.5, 0.6) is 0 Å². The van der Waals surface area contributed by atoms with Crippen molar-refractivity contribution in [2.75, 3.05) is 44.4 Å². The lowest BCUT2D eigenvalue weighted by Crippen LogP contribution is -2.49. The maximum absolute atomic E-state index is 13.1. The molecule has 0 aliphatic carbocycles. The highest BCUT2D eigenvalue weighted by Crippen LogP contribution is 2.22. The van der Waals surface area contributed by atoms with Gasteiger partial charge in [0.15, 0.2) is 9.84 Å². The fourth-order valence-electron chi connectivity index (χ4n) is 3.41. The van der Waals surface area contributed by atoms with Crippen LogP contribution < -0.4 is 4.90 Å². The normalized spacial score (nSPS) is 15.4. The number of nitrogens with zero attached hydrogens (tertiary/aromatic N) is 3. The van der Waals surface area contributed by atoms with Gasteiger partial charge in [-0.1, -0.05) is 6.07 Å². The molecule has 0 aromatic heterocycles. The number of carbonyl (C=O) groups is 2. The van der Waals surface area contributed by atoms with Crippen molar-refractivity contribution in [2.24, 2.45) is 0 Å². The number of anilines is 1. The minimum Gasteiger partial charge on any atom is -0.340 e. The summed E-state index contributed by atoms with van der Waals surface area (Å²) in [5, 5.41) is 0. The average molecular weight is 480 g/mol. The first-order chi connectivity index (χ1) is 14.9. The zero-order valence-corrected chi connectivity index (χ0v) is 19.7. The van der Waals surface area contributed by atoms with Crippen LogP contribution >= 0.6 is 0 Å². The number of sulfone groups is 1. The molecule has 0 unspecified atom stereocenters. The maximum atomic E-state index is 13.1. The van der Waals surface area contributed by atoms with Gasteiger partial charge in [0.25, 0.3) is 5.91 Å². The van der Waals surface area contributed by atoms with E-state index in [0.717, 1.165) is 6.26 Å². The summed E-state index contributed by atoms with van der Waals surface area (Å²) in [4.78, 5) is 27.5. The number of amides is 2. The van der Waals surface area contributed by atoms with E-state index in [1.165, 1.54) is 71.7 Å². The van der Waals surface area contributed by atoms with Crippen molar-refractivity contribution in [1.82, 2.24) is 9.21 Å². The van der Waals surface area contributed by atoms with Crippen molar-refractivity contribution in [3.05, 3.63) is 54.1 Å². The van der Waals surface area contributed by atoms with Crippen molar-refractivity contribution in [3.8, 4) is 0 Å². The molecule has 1 fully saturated rings. The summed E-state index contributed by atoms with van der Waals surface area (Å²) >= 11 is 0. The molecular formula is C21H25N3O6S2. The minimum absolute atomic E-state index is 0.000416. The van der Waals surface area contributed by atoms with Crippen molar-refractivity contribution < 1.29 is 26.4 Å². The summed E-state index contributed by atoms with van der Waals surface area (Å²) in [6.45, 7) is 2.46. The Morgan fingerprint density at radius 1 is 0.875 bits per heavy atom. The van der Waals surface area contributed by atoms with Gasteiger partial charge in [0.1, 0.15) is 0 Å². The lowest BCUT2D eigenvalue weighted by Gasteiger charge is -2.33. The van der Waals surface area contributed by atoms with Gasteiger partial charge in [-0.25, -0.2) is 16.8 Å². The highest BCUT2D eigenvalue weighted by Gasteiger charge is 2.30. The number of hydrogen-bond donors (Lipinski definition) is 0. The number of carbonyl (C=O) groups excluding carboxylic acids is 2. The zero-order chi connectivity index (χ0) is 23.7. The molecule has 2 aromatic carbocycles. The first-order valence-corrected chi connectivity index (χ1v) is 13.2. The maximum Gasteiger partial charge on any atom is 0.258 e. The summed E-state index contributed by atoms with van der Waals surface area (Å²) in [7, 11) is -5.65. The van der Waals surface area contributed by atoms with Crippen LogP contribution in [0.1, 0.15) is 17.3 Å². The van der Waals surface area contributed by atoms with Crippen LogP contribution in [0.15, 0.2) is 58.3 Å². The largest absolute Gasteiger partial charge is 0.340 e. The molecule has 11 heteroatoms. The molecule has 172 valence electrons. The Morgan fingerprint density at radius 2 is 1.47 bits per heavy atom. The first-order valence-electron chi connectivity index (χ1n) is 9.85. The van der Waals surface area contributed by atoms with Crippen molar-refractivity contribution in [1.29, 1.82) is 0 Å². The third-order valence-corrected chi connectivity index (χ3v) is 8.38. The fourth-order valence-corrected chi connectivity index (χ4v) is 5.51. The smallest absolute Gasteiger partial charge is 0.258 e. The molecule has 2 aromatic rings. The molecule has 1 aliphatic heterocycles. The number of hydrogen-bond acceptors (Lipinski definition) is 6. The average Bonchev–Trinajstić information content (AvgIpc) is 2.77. The topological polar surface area (TPSA) is 112 Å².